The minimum Gasteiger partial charge on any atom is -0.443 e. The molecule has 50 heavy (non-hydrogen) atoms. The van der Waals surface area contributed by atoms with Crippen molar-refractivity contribution in [1.82, 2.24) is 4.31 Å². The zero-order valence-corrected chi connectivity index (χ0v) is 31.2. The van der Waals surface area contributed by atoms with Crippen LogP contribution >= 0.6 is 0 Å². The van der Waals surface area contributed by atoms with Crippen molar-refractivity contribution in [3.8, 4) is 0 Å². The van der Waals surface area contributed by atoms with E-state index in [1.807, 2.05) is 6.92 Å². The molecule has 0 saturated heterocycles. The number of amides is 1. The molecule has 0 radical (unpaired) electrons. The number of nitrogens with zero attached hydrogens (tertiary/aromatic N) is 1. The van der Waals surface area contributed by atoms with Gasteiger partial charge in [0.1, 0.15) is 5.60 Å². The Kier molecular flexibility index (Phi) is 10.4. The van der Waals surface area contributed by atoms with Gasteiger partial charge in [-0.2, -0.15) is 0 Å². The van der Waals surface area contributed by atoms with Crippen LogP contribution in [0.2, 0.25) is 0 Å². The van der Waals surface area contributed by atoms with Crippen molar-refractivity contribution in [1.29, 1.82) is 0 Å². The van der Waals surface area contributed by atoms with Gasteiger partial charge in [-0.05, 0) is 101 Å². The minimum absolute atomic E-state index is 0.0451. The molecule has 2 aliphatic carbocycles. The lowest BCUT2D eigenvalue weighted by molar-refractivity contribution is 0.0393. The first-order valence-corrected chi connectivity index (χ1v) is 20.8. The number of sulfonamides is 1. The second kappa shape index (κ2) is 14.0. The standard InChI is InChI=1S/C38H43NO8S3/c1-28-18-22-34(23-19-28)50(45,46)39(36(40)47-37(3,4)5)26-12-13-30-20-21-31-24-25-38(27-35(31)29(30)2,48(41,42)32-14-8-6-9-15-32)49(43,44)33-16-10-7-11-17-33/h6-11,13-19,22-24,35H,2,12,20-21,25-27H2,1,3-5H3/b30-13+. The molecule has 3 aromatic carbocycles. The van der Waals surface area contributed by atoms with Crippen LogP contribution in [0.1, 0.15) is 58.4 Å². The number of hydrogen-bond acceptors (Lipinski definition) is 8. The molecule has 0 aliphatic heterocycles. The van der Waals surface area contributed by atoms with Gasteiger partial charge in [-0.25, -0.2) is 34.4 Å². The van der Waals surface area contributed by atoms with Gasteiger partial charge in [-0.15, -0.1) is 0 Å². The van der Waals surface area contributed by atoms with Crippen LogP contribution in [-0.4, -0.2) is 51.9 Å². The Labute approximate surface area is 296 Å². The summed E-state index contributed by atoms with van der Waals surface area (Å²) in [6.07, 6.45) is 3.34. The van der Waals surface area contributed by atoms with Crippen molar-refractivity contribution >= 4 is 35.8 Å². The van der Waals surface area contributed by atoms with Crippen LogP contribution < -0.4 is 0 Å². The summed E-state index contributed by atoms with van der Waals surface area (Å²) in [7, 11) is -13.1. The van der Waals surface area contributed by atoms with E-state index in [2.05, 4.69) is 6.58 Å². The van der Waals surface area contributed by atoms with E-state index in [1.165, 1.54) is 36.4 Å². The number of allylic oxidation sites excluding steroid dienone is 4. The number of rotatable bonds is 9. The van der Waals surface area contributed by atoms with E-state index in [0.717, 1.165) is 21.0 Å². The van der Waals surface area contributed by atoms with Crippen LogP contribution in [0.5, 0.6) is 0 Å². The lowest BCUT2D eigenvalue weighted by Gasteiger charge is -2.42. The third-order valence-electron chi connectivity index (χ3n) is 9.17. The van der Waals surface area contributed by atoms with Crippen molar-refractivity contribution in [2.75, 3.05) is 6.54 Å². The highest BCUT2D eigenvalue weighted by atomic mass is 32.3. The van der Waals surface area contributed by atoms with Gasteiger partial charge >= 0.3 is 6.09 Å². The number of hydrogen-bond donors (Lipinski definition) is 0. The summed E-state index contributed by atoms with van der Waals surface area (Å²) in [6.45, 7) is 10.9. The molecule has 1 fully saturated rings. The zero-order chi connectivity index (χ0) is 36.5. The lowest BCUT2D eigenvalue weighted by Crippen LogP contribution is -2.50. The summed E-state index contributed by atoms with van der Waals surface area (Å²) >= 11 is 0. The van der Waals surface area contributed by atoms with E-state index in [0.29, 0.717) is 18.4 Å². The molecule has 0 N–H and O–H groups in total. The fraction of sp³-hybridized carbons (Fsp3) is 0.342. The van der Waals surface area contributed by atoms with Gasteiger partial charge in [0, 0.05) is 18.9 Å². The van der Waals surface area contributed by atoms with E-state index in [-0.39, 0.29) is 40.5 Å². The Morgan fingerprint density at radius 2 is 1.38 bits per heavy atom. The Balaban J connectivity index is 1.48. The Morgan fingerprint density at radius 1 is 0.840 bits per heavy atom. The monoisotopic (exact) mass is 737 g/mol. The Bertz CT molecular complexity index is 2080. The maximum absolute atomic E-state index is 14.5. The average Bonchev–Trinajstić information content (AvgIpc) is 3.07. The number of fused-ring (bicyclic) bond motifs is 1. The van der Waals surface area contributed by atoms with Gasteiger partial charge in [-0.3, -0.25) is 0 Å². The number of benzene rings is 3. The molecule has 1 atom stereocenters. The molecule has 0 heterocycles. The average molecular weight is 738 g/mol. The molecule has 0 bridgehead atoms. The quantitative estimate of drug-likeness (QED) is 0.206. The minimum atomic E-state index is -4.44. The number of carbonyl (C=O) groups is 1. The van der Waals surface area contributed by atoms with Crippen molar-refractivity contribution in [2.24, 2.45) is 5.92 Å². The molecular formula is C38H43NO8S3. The van der Waals surface area contributed by atoms with Gasteiger partial charge in [0.15, 0.2) is 23.8 Å². The van der Waals surface area contributed by atoms with Crippen LogP contribution in [0, 0.1) is 12.8 Å². The Hall–Kier alpha value is -4.00. The summed E-state index contributed by atoms with van der Waals surface area (Å²) in [4.78, 5) is 13.0. The van der Waals surface area contributed by atoms with Gasteiger partial charge in [0.2, 0.25) is 0 Å². The topological polar surface area (TPSA) is 132 Å². The number of carbonyl (C=O) groups excluding carboxylic acids is 1. The first-order chi connectivity index (χ1) is 23.4. The normalized spacial score (nSPS) is 19.0. The molecule has 5 rings (SSSR count). The molecule has 1 saturated carbocycles. The Morgan fingerprint density at radius 3 is 1.90 bits per heavy atom. The number of aryl methyl sites for hydroxylation is 1. The second-order valence-electron chi connectivity index (χ2n) is 13.7. The maximum atomic E-state index is 14.5. The van der Waals surface area contributed by atoms with Crippen molar-refractivity contribution in [2.45, 2.75) is 84.2 Å². The molecule has 2 aliphatic rings. The van der Waals surface area contributed by atoms with E-state index in [4.69, 9.17) is 4.74 Å². The summed E-state index contributed by atoms with van der Waals surface area (Å²) in [5, 5.41) is 0. The van der Waals surface area contributed by atoms with E-state index in [9.17, 15) is 30.0 Å². The first kappa shape index (κ1) is 37.3. The molecule has 9 nitrogen and oxygen atoms in total. The van der Waals surface area contributed by atoms with Crippen LogP contribution in [0.3, 0.4) is 0 Å². The molecule has 266 valence electrons. The fourth-order valence-electron chi connectivity index (χ4n) is 6.50. The predicted molar refractivity (Wildman–Crippen MR) is 193 cm³/mol. The molecule has 12 heteroatoms. The van der Waals surface area contributed by atoms with Gasteiger partial charge < -0.3 is 4.74 Å². The fourth-order valence-corrected chi connectivity index (χ4v) is 12.8. The first-order valence-electron chi connectivity index (χ1n) is 16.4. The smallest absolute Gasteiger partial charge is 0.424 e. The summed E-state index contributed by atoms with van der Waals surface area (Å²) in [6, 6.07) is 21.5. The van der Waals surface area contributed by atoms with Crippen molar-refractivity contribution in [3.05, 3.63) is 126 Å². The van der Waals surface area contributed by atoms with Gasteiger partial charge in [0.25, 0.3) is 10.0 Å². The van der Waals surface area contributed by atoms with Crippen LogP contribution in [0.25, 0.3) is 0 Å². The summed E-state index contributed by atoms with van der Waals surface area (Å²) in [5.74, 6) is -0.584. The molecule has 3 aromatic rings. The number of sulfone groups is 2. The molecule has 1 unspecified atom stereocenters. The predicted octanol–water partition coefficient (Wildman–Crippen LogP) is 7.57. The van der Waals surface area contributed by atoms with E-state index < -0.39 is 51.4 Å². The van der Waals surface area contributed by atoms with Crippen molar-refractivity contribution in [3.63, 3.8) is 0 Å². The highest BCUT2D eigenvalue weighted by Crippen LogP contribution is 2.52. The third-order valence-corrected chi connectivity index (χ3v) is 16.7. The van der Waals surface area contributed by atoms with E-state index >= 15 is 0 Å². The van der Waals surface area contributed by atoms with Gasteiger partial charge in [-0.1, -0.05) is 78.4 Å². The molecular weight excluding hydrogens is 695 g/mol. The molecule has 0 aromatic heterocycles. The zero-order valence-electron chi connectivity index (χ0n) is 28.7. The highest BCUT2D eigenvalue weighted by Gasteiger charge is 2.58. The SMILES string of the molecule is C=C1/C(=C/CCN(C(=O)OC(C)(C)C)S(=O)(=O)c2ccc(C)cc2)CCC2=CCC(S(=O)(=O)c3ccccc3)(S(=O)(=O)c3ccccc3)CC12. The van der Waals surface area contributed by atoms with Crippen LogP contribution in [0.15, 0.2) is 135 Å². The highest BCUT2D eigenvalue weighted by molar-refractivity contribution is 8.10. The van der Waals surface area contributed by atoms with Crippen LogP contribution in [-0.2, 0) is 34.4 Å². The summed E-state index contributed by atoms with van der Waals surface area (Å²) < 4.78 is 89.2. The van der Waals surface area contributed by atoms with Gasteiger partial charge in [0.05, 0.1) is 14.7 Å². The lowest BCUT2D eigenvalue weighted by atomic mass is 9.72. The van der Waals surface area contributed by atoms with E-state index in [1.54, 1.807) is 81.5 Å². The van der Waals surface area contributed by atoms with Crippen molar-refractivity contribution < 1.29 is 34.8 Å². The molecule has 1 amide bonds. The molecule has 0 spiro atoms. The summed E-state index contributed by atoms with van der Waals surface area (Å²) in [5.41, 5.74) is 2.18. The second-order valence-corrected chi connectivity index (χ2v) is 20.3. The largest absolute Gasteiger partial charge is 0.443 e. The maximum Gasteiger partial charge on any atom is 0.424 e. The third kappa shape index (κ3) is 7.11. The van der Waals surface area contributed by atoms with Crippen LogP contribution in [0.4, 0.5) is 4.79 Å². The number of ether oxygens (including phenoxy) is 1.